The van der Waals surface area contributed by atoms with Gasteiger partial charge in [0.15, 0.2) is 0 Å². The highest BCUT2D eigenvalue weighted by Crippen LogP contribution is 2.19. The van der Waals surface area contributed by atoms with E-state index in [1.807, 2.05) is 31.9 Å². The second-order valence-electron chi connectivity index (χ2n) is 5.53. The van der Waals surface area contributed by atoms with Gasteiger partial charge in [0.25, 0.3) is 0 Å². The Morgan fingerprint density at radius 1 is 1.15 bits per heavy atom. The van der Waals surface area contributed by atoms with Crippen molar-refractivity contribution in [1.29, 1.82) is 0 Å². The van der Waals surface area contributed by atoms with E-state index in [2.05, 4.69) is 41.7 Å². The van der Waals surface area contributed by atoms with E-state index in [9.17, 15) is 4.79 Å². The average molecular weight is 270 g/mol. The van der Waals surface area contributed by atoms with Crippen LogP contribution in [-0.4, -0.2) is 30.4 Å². The lowest BCUT2D eigenvalue weighted by Crippen LogP contribution is -2.38. The molecule has 0 fully saturated rings. The van der Waals surface area contributed by atoms with Crippen molar-refractivity contribution in [3.63, 3.8) is 0 Å². The van der Waals surface area contributed by atoms with Gasteiger partial charge in [-0.1, -0.05) is 42.5 Å². The third kappa shape index (κ3) is 3.81. The largest absolute Gasteiger partial charge is 0.353 e. The molecule has 0 saturated carbocycles. The van der Waals surface area contributed by atoms with Gasteiger partial charge < -0.3 is 5.32 Å². The minimum Gasteiger partial charge on any atom is -0.353 e. The molecule has 2 rings (SSSR count). The zero-order valence-electron chi connectivity index (χ0n) is 12.4. The maximum absolute atomic E-state index is 11.8. The molecule has 0 spiro atoms. The van der Waals surface area contributed by atoms with Crippen molar-refractivity contribution in [2.75, 3.05) is 13.6 Å². The van der Waals surface area contributed by atoms with Gasteiger partial charge in [-0.25, -0.2) is 0 Å². The molecule has 3 nitrogen and oxygen atoms in total. The summed E-state index contributed by atoms with van der Waals surface area (Å²) in [6.45, 7) is 5.14. The number of hydrogen-bond donors (Lipinski definition) is 1. The predicted molar refractivity (Wildman–Crippen MR) is 83.6 cm³/mol. The van der Waals surface area contributed by atoms with Crippen LogP contribution in [0.1, 0.15) is 19.4 Å². The van der Waals surface area contributed by atoms with Gasteiger partial charge >= 0.3 is 0 Å². The predicted octanol–water partition coefficient (Wildman–Crippen LogP) is 2.80. The second-order valence-corrected chi connectivity index (χ2v) is 5.53. The number of likely N-dealkylation sites (N-methyl/N-ethyl adjacent to an activating group) is 1. The molecule has 0 aliphatic heterocycles. The van der Waals surface area contributed by atoms with E-state index in [4.69, 9.17) is 0 Å². The molecule has 0 radical (unpaired) electrons. The molecule has 0 atom stereocenters. The fraction of sp³-hybridized carbons (Fsp3) is 0.353. The number of nitrogens with one attached hydrogen (secondary N) is 1. The molecular weight excluding hydrogens is 248 g/mol. The molecule has 0 saturated heterocycles. The SMILES string of the molecule is CC(C)NC(=O)CN(C)Cc1cccc2ccccc12. The lowest BCUT2D eigenvalue weighted by Gasteiger charge is -2.18. The molecule has 20 heavy (non-hydrogen) atoms. The van der Waals surface area contributed by atoms with E-state index >= 15 is 0 Å². The summed E-state index contributed by atoms with van der Waals surface area (Å²) in [5.74, 6) is 0.0720. The maximum atomic E-state index is 11.8. The van der Waals surface area contributed by atoms with Crippen LogP contribution in [0.25, 0.3) is 10.8 Å². The molecule has 0 unspecified atom stereocenters. The molecular formula is C17H22N2O. The fourth-order valence-electron chi connectivity index (χ4n) is 2.39. The average Bonchev–Trinajstić information content (AvgIpc) is 2.38. The van der Waals surface area contributed by atoms with Gasteiger partial charge in [-0.15, -0.1) is 0 Å². The molecule has 2 aromatic carbocycles. The second kappa shape index (κ2) is 6.53. The normalized spacial score (nSPS) is 11.2. The van der Waals surface area contributed by atoms with Gasteiger partial charge in [0, 0.05) is 12.6 Å². The third-order valence-electron chi connectivity index (χ3n) is 3.18. The first-order valence-electron chi connectivity index (χ1n) is 7.01. The van der Waals surface area contributed by atoms with Gasteiger partial charge in [-0.3, -0.25) is 9.69 Å². The molecule has 0 aromatic heterocycles. The Balaban J connectivity index is 2.06. The zero-order valence-corrected chi connectivity index (χ0v) is 12.4. The van der Waals surface area contributed by atoms with Crippen LogP contribution in [-0.2, 0) is 11.3 Å². The van der Waals surface area contributed by atoms with Crippen molar-refractivity contribution in [1.82, 2.24) is 10.2 Å². The number of rotatable bonds is 5. The Hall–Kier alpha value is -1.87. The quantitative estimate of drug-likeness (QED) is 0.906. The molecule has 2 aromatic rings. The zero-order chi connectivity index (χ0) is 14.5. The number of hydrogen-bond acceptors (Lipinski definition) is 2. The van der Waals surface area contributed by atoms with E-state index in [0.29, 0.717) is 6.54 Å². The molecule has 0 aliphatic carbocycles. The Bertz CT molecular complexity index is 587. The Morgan fingerprint density at radius 3 is 2.60 bits per heavy atom. The van der Waals surface area contributed by atoms with Crippen molar-refractivity contribution in [3.8, 4) is 0 Å². The molecule has 3 heteroatoms. The fourth-order valence-corrected chi connectivity index (χ4v) is 2.39. The van der Waals surface area contributed by atoms with Crippen LogP contribution in [0.4, 0.5) is 0 Å². The summed E-state index contributed by atoms with van der Waals surface area (Å²) in [6.07, 6.45) is 0. The Labute approximate surface area is 120 Å². The van der Waals surface area contributed by atoms with Crippen LogP contribution < -0.4 is 5.32 Å². The smallest absolute Gasteiger partial charge is 0.234 e. The van der Waals surface area contributed by atoms with Crippen LogP contribution in [0.3, 0.4) is 0 Å². The monoisotopic (exact) mass is 270 g/mol. The van der Waals surface area contributed by atoms with E-state index in [1.54, 1.807) is 0 Å². The van der Waals surface area contributed by atoms with Gasteiger partial charge in [0.1, 0.15) is 0 Å². The van der Waals surface area contributed by atoms with Crippen LogP contribution in [0.2, 0.25) is 0 Å². The summed E-state index contributed by atoms with van der Waals surface area (Å²) >= 11 is 0. The van der Waals surface area contributed by atoms with Crippen molar-refractivity contribution < 1.29 is 4.79 Å². The van der Waals surface area contributed by atoms with Gasteiger partial charge in [-0.05, 0) is 37.2 Å². The van der Waals surface area contributed by atoms with Crippen LogP contribution >= 0.6 is 0 Å². The lowest BCUT2D eigenvalue weighted by atomic mass is 10.0. The first kappa shape index (κ1) is 14.5. The lowest BCUT2D eigenvalue weighted by molar-refractivity contribution is -0.122. The highest BCUT2D eigenvalue weighted by Gasteiger charge is 2.09. The minimum absolute atomic E-state index is 0.0720. The minimum atomic E-state index is 0.0720. The third-order valence-corrected chi connectivity index (χ3v) is 3.18. The summed E-state index contributed by atoms with van der Waals surface area (Å²) in [7, 11) is 1.97. The molecule has 0 bridgehead atoms. The topological polar surface area (TPSA) is 32.3 Å². The number of carbonyl (C=O) groups excluding carboxylic acids is 1. The van der Waals surface area contributed by atoms with Crippen molar-refractivity contribution in [2.45, 2.75) is 26.4 Å². The first-order valence-corrected chi connectivity index (χ1v) is 7.01. The van der Waals surface area contributed by atoms with E-state index in [-0.39, 0.29) is 11.9 Å². The summed E-state index contributed by atoms with van der Waals surface area (Å²) in [6, 6.07) is 14.8. The van der Waals surface area contributed by atoms with Gasteiger partial charge in [-0.2, -0.15) is 0 Å². The number of fused-ring (bicyclic) bond motifs is 1. The highest BCUT2D eigenvalue weighted by atomic mass is 16.2. The summed E-state index contributed by atoms with van der Waals surface area (Å²) in [5.41, 5.74) is 1.25. The molecule has 1 N–H and O–H groups in total. The summed E-state index contributed by atoms with van der Waals surface area (Å²) < 4.78 is 0. The number of carbonyl (C=O) groups is 1. The van der Waals surface area contributed by atoms with Crippen LogP contribution in [0.15, 0.2) is 42.5 Å². The molecule has 1 amide bonds. The van der Waals surface area contributed by atoms with Gasteiger partial charge in [0.05, 0.1) is 6.54 Å². The maximum Gasteiger partial charge on any atom is 0.234 e. The van der Waals surface area contributed by atoms with Gasteiger partial charge in [0.2, 0.25) is 5.91 Å². The van der Waals surface area contributed by atoms with Crippen molar-refractivity contribution >= 4 is 16.7 Å². The molecule has 0 aliphatic rings. The van der Waals surface area contributed by atoms with Crippen molar-refractivity contribution in [2.24, 2.45) is 0 Å². The Kier molecular flexibility index (Phi) is 4.74. The number of amides is 1. The number of benzene rings is 2. The number of nitrogens with zero attached hydrogens (tertiary/aromatic N) is 1. The standard InChI is InChI=1S/C17H22N2O/c1-13(2)18-17(20)12-19(3)11-15-9-6-8-14-7-4-5-10-16(14)15/h4-10,13H,11-12H2,1-3H3,(H,18,20). The van der Waals surface area contributed by atoms with Crippen LogP contribution in [0.5, 0.6) is 0 Å². The van der Waals surface area contributed by atoms with E-state index in [1.165, 1.54) is 16.3 Å². The van der Waals surface area contributed by atoms with E-state index < -0.39 is 0 Å². The molecule has 106 valence electrons. The van der Waals surface area contributed by atoms with Crippen molar-refractivity contribution in [3.05, 3.63) is 48.0 Å². The molecule has 0 heterocycles. The first-order chi connectivity index (χ1) is 9.56. The van der Waals surface area contributed by atoms with Crippen LogP contribution in [0, 0.1) is 0 Å². The van der Waals surface area contributed by atoms with E-state index in [0.717, 1.165) is 6.54 Å². The summed E-state index contributed by atoms with van der Waals surface area (Å²) in [4.78, 5) is 13.8. The highest BCUT2D eigenvalue weighted by molar-refractivity contribution is 5.85. The summed E-state index contributed by atoms with van der Waals surface area (Å²) in [5, 5.41) is 5.41. The Morgan fingerprint density at radius 2 is 1.85 bits per heavy atom.